The Morgan fingerprint density at radius 1 is 1.25 bits per heavy atom. The fourth-order valence-electron chi connectivity index (χ4n) is 1.72. The fourth-order valence-corrected chi connectivity index (χ4v) is 2.46. The van der Waals surface area contributed by atoms with Crippen LogP contribution in [-0.2, 0) is 0 Å². The van der Waals surface area contributed by atoms with Crippen molar-refractivity contribution in [3.8, 4) is 11.5 Å². The first-order chi connectivity index (χ1) is 9.55. The summed E-state index contributed by atoms with van der Waals surface area (Å²) >= 11 is 0.880. The molecule has 0 aliphatic rings. The number of benzene rings is 1. The molecule has 7 heteroatoms. The van der Waals surface area contributed by atoms with Crippen molar-refractivity contribution in [2.24, 2.45) is 0 Å². The van der Waals surface area contributed by atoms with Crippen LogP contribution in [-0.4, -0.2) is 25.1 Å². The number of rotatable bonds is 4. The second-order valence-electron chi connectivity index (χ2n) is 3.99. The molecule has 0 unspecified atom stereocenters. The number of thiazole rings is 1. The first kappa shape index (κ1) is 14.1. The summed E-state index contributed by atoms with van der Waals surface area (Å²) in [5, 5.41) is 2.72. The number of carbonyl (C=O) groups excluding carboxylic acids is 1. The van der Waals surface area contributed by atoms with E-state index in [0.717, 1.165) is 11.3 Å². The molecule has 20 heavy (non-hydrogen) atoms. The SMILES string of the molecule is COc1ccc(NC(=O)c2sc(=O)[nH]c2C)cc1OC. The summed E-state index contributed by atoms with van der Waals surface area (Å²) in [4.78, 5) is 26.0. The van der Waals surface area contributed by atoms with E-state index in [1.807, 2.05) is 0 Å². The molecular formula is C13H14N2O4S. The van der Waals surface area contributed by atoms with E-state index in [1.54, 1.807) is 25.1 Å². The van der Waals surface area contributed by atoms with Crippen LogP contribution in [0.25, 0.3) is 0 Å². The number of anilines is 1. The molecule has 1 aromatic heterocycles. The molecule has 0 aliphatic carbocycles. The van der Waals surface area contributed by atoms with Gasteiger partial charge in [0.05, 0.1) is 14.2 Å². The third kappa shape index (κ3) is 2.83. The predicted molar refractivity (Wildman–Crippen MR) is 77.2 cm³/mol. The van der Waals surface area contributed by atoms with Crippen molar-refractivity contribution < 1.29 is 14.3 Å². The maximum Gasteiger partial charge on any atom is 0.305 e. The van der Waals surface area contributed by atoms with Gasteiger partial charge in [-0.25, -0.2) is 0 Å². The van der Waals surface area contributed by atoms with Crippen molar-refractivity contribution >= 4 is 22.9 Å². The molecule has 1 heterocycles. The summed E-state index contributed by atoms with van der Waals surface area (Å²) in [6.45, 7) is 1.68. The minimum absolute atomic E-state index is 0.250. The maximum absolute atomic E-state index is 12.1. The quantitative estimate of drug-likeness (QED) is 0.904. The van der Waals surface area contributed by atoms with Gasteiger partial charge in [-0.1, -0.05) is 11.3 Å². The molecule has 106 valence electrons. The van der Waals surface area contributed by atoms with Crippen LogP contribution in [0.4, 0.5) is 5.69 Å². The minimum Gasteiger partial charge on any atom is -0.493 e. The van der Waals surface area contributed by atoms with E-state index in [0.29, 0.717) is 27.8 Å². The Labute approximate surface area is 119 Å². The lowest BCUT2D eigenvalue weighted by Crippen LogP contribution is -2.11. The smallest absolute Gasteiger partial charge is 0.305 e. The molecule has 0 atom stereocenters. The van der Waals surface area contributed by atoms with Crippen LogP contribution in [0.3, 0.4) is 0 Å². The van der Waals surface area contributed by atoms with Gasteiger partial charge in [-0.2, -0.15) is 0 Å². The molecule has 2 rings (SSSR count). The highest BCUT2D eigenvalue weighted by molar-refractivity contribution is 7.11. The first-order valence-electron chi connectivity index (χ1n) is 5.78. The Morgan fingerprint density at radius 3 is 2.50 bits per heavy atom. The molecule has 0 aliphatic heterocycles. The summed E-state index contributed by atoms with van der Waals surface area (Å²) in [5.74, 6) is 0.760. The third-order valence-corrected chi connectivity index (χ3v) is 3.66. The third-order valence-electron chi connectivity index (χ3n) is 2.67. The van der Waals surface area contributed by atoms with E-state index in [9.17, 15) is 9.59 Å². The van der Waals surface area contributed by atoms with Crippen molar-refractivity contribution in [1.29, 1.82) is 0 Å². The molecule has 0 spiro atoms. The predicted octanol–water partition coefficient (Wildman–Crippen LogP) is 2.01. The number of aromatic nitrogens is 1. The van der Waals surface area contributed by atoms with Crippen molar-refractivity contribution in [2.75, 3.05) is 19.5 Å². The molecule has 2 aromatic rings. The summed E-state index contributed by atoms with van der Waals surface area (Å²) in [5.41, 5.74) is 1.12. The molecule has 0 saturated heterocycles. The van der Waals surface area contributed by atoms with Gasteiger partial charge in [0.25, 0.3) is 5.91 Å². The number of H-pyrrole nitrogens is 1. The lowest BCUT2D eigenvalue weighted by molar-refractivity contribution is 0.103. The van der Waals surface area contributed by atoms with E-state index in [2.05, 4.69) is 10.3 Å². The Bertz CT molecular complexity index is 690. The number of aryl methyl sites for hydroxylation is 1. The lowest BCUT2D eigenvalue weighted by Gasteiger charge is -2.10. The largest absolute Gasteiger partial charge is 0.493 e. The van der Waals surface area contributed by atoms with Crippen LogP contribution in [0.1, 0.15) is 15.4 Å². The Morgan fingerprint density at radius 2 is 1.95 bits per heavy atom. The zero-order valence-electron chi connectivity index (χ0n) is 11.3. The highest BCUT2D eigenvalue weighted by Gasteiger charge is 2.14. The van der Waals surface area contributed by atoms with E-state index in [4.69, 9.17) is 9.47 Å². The van der Waals surface area contributed by atoms with Gasteiger partial charge in [-0.15, -0.1) is 0 Å². The number of carbonyl (C=O) groups is 1. The highest BCUT2D eigenvalue weighted by atomic mass is 32.1. The van der Waals surface area contributed by atoms with E-state index >= 15 is 0 Å². The molecule has 2 N–H and O–H groups in total. The van der Waals surface area contributed by atoms with Gasteiger partial charge in [0, 0.05) is 17.4 Å². The zero-order valence-corrected chi connectivity index (χ0v) is 12.1. The molecule has 0 saturated carbocycles. The van der Waals surface area contributed by atoms with Gasteiger partial charge < -0.3 is 19.8 Å². The van der Waals surface area contributed by atoms with Crippen LogP contribution in [0.15, 0.2) is 23.0 Å². The second-order valence-corrected chi connectivity index (χ2v) is 4.98. The number of nitrogens with one attached hydrogen (secondary N) is 2. The Balaban J connectivity index is 2.24. The summed E-state index contributed by atoms with van der Waals surface area (Å²) in [7, 11) is 3.06. The summed E-state index contributed by atoms with van der Waals surface area (Å²) in [6.07, 6.45) is 0. The highest BCUT2D eigenvalue weighted by Crippen LogP contribution is 2.30. The van der Waals surface area contributed by atoms with Gasteiger partial charge in [0.1, 0.15) is 4.88 Å². The van der Waals surface area contributed by atoms with Gasteiger partial charge >= 0.3 is 4.87 Å². The lowest BCUT2D eigenvalue weighted by atomic mass is 10.2. The topological polar surface area (TPSA) is 80.4 Å². The number of aromatic amines is 1. The number of hydrogen-bond donors (Lipinski definition) is 2. The van der Waals surface area contributed by atoms with Gasteiger partial charge in [-0.3, -0.25) is 9.59 Å². The van der Waals surface area contributed by atoms with Gasteiger partial charge in [-0.05, 0) is 19.1 Å². The molecule has 0 fully saturated rings. The Kier molecular flexibility index (Phi) is 4.09. The monoisotopic (exact) mass is 294 g/mol. The maximum atomic E-state index is 12.1. The molecule has 0 bridgehead atoms. The van der Waals surface area contributed by atoms with Crippen molar-refractivity contribution in [1.82, 2.24) is 4.98 Å². The van der Waals surface area contributed by atoms with Crippen LogP contribution in [0, 0.1) is 6.92 Å². The molecular weight excluding hydrogens is 280 g/mol. The van der Waals surface area contributed by atoms with Crippen molar-refractivity contribution in [2.45, 2.75) is 6.92 Å². The van der Waals surface area contributed by atoms with Gasteiger partial charge in [0.2, 0.25) is 0 Å². The average molecular weight is 294 g/mol. The Hall–Kier alpha value is -2.28. The number of amides is 1. The second kappa shape index (κ2) is 5.79. The summed E-state index contributed by atoms with van der Waals surface area (Å²) in [6, 6.07) is 5.05. The molecule has 6 nitrogen and oxygen atoms in total. The van der Waals surface area contributed by atoms with Crippen molar-refractivity contribution in [3.05, 3.63) is 38.4 Å². The van der Waals surface area contributed by atoms with Crippen LogP contribution >= 0.6 is 11.3 Å². The number of ether oxygens (including phenoxy) is 2. The van der Waals surface area contributed by atoms with Crippen molar-refractivity contribution in [3.63, 3.8) is 0 Å². The number of hydrogen-bond acceptors (Lipinski definition) is 5. The zero-order chi connectivity index (χ0) is 14.7. The van der Waals surface area contributed by atoms with E-state index in [-0.39, 0.29) is 10.8 Å². The molecule has 0 radical (unpaired) electrons. The molecule has 1 aromatic carbocycles. The van der Waals surface area contributed by atoms with E-state index in [1.165, 1.54) is 14.2 Å². The minimum atomic E-state index is -0.335. The normalized spacial score (nSPS) is 10.2. The van der Waals surface area contributed by atoms with Crippen LogP contribution in [0.5, 0.6) is 11.5 Å². The van der Waals surface area contributed by atoms with Gasteiger partial charge in [0.15, 0.2) is 11.5 Å². The van der Waals surface area contributed by atoms with Crippen LogP contribution < -0.4 is 19.7 Å². The average Bonchev–Trinajstić information content (AvgIpc) is 2.77. The van der Waals surface area contributed by atoms with Crippen LogP contribution in [0.2, 0.25) is 0 Å². The number of methoxy groups -OCH3 is 2. The fraction of sp³-hybridized carbons (Fsp3) is 0.231. The van der Waals surface area contributed by atoms with E-state index < -0.39 is 0 Å². The summed E-state index contributed by atoms with van der Waals surface area (Å²) < 4.78 is 10.3. The molecule has 1 amide bonds. The first-order valence-corrected chi connectivity index (χ1v) is 6.60. The standard InChI is InChI=1S/C13H14N2O4S/c1-7-11(20-13(17)14-7)12(16)15-8-4-5-9(18-2)10(6-8)19-3/h4-6H,1-3H3,(H,14,17)(H,15,16).